The summed E-state index contributed by atoms with van der Waals surface area (Å²) in [5, 5.41) is 22.4. The van der Waals surface area contributed by atoms with Gasteiger partial charge in [-0.15, -0.1) is 0 Å². The second-order valence-corrected chi connectivity index (χ2v) is 5.85. The molecule has 1 aliphatic rings. The van der Waals surface area contributed by atoms with Crippen molar-refractivity contribution in [3.05, 3.63) is 32.3 Å². The van der Waals surface area contributed by atoms with Crippen LogP contribution in [0.1, 0.15) is 19.4 Å². The summed E-state index contributed by atoms with van der Waals surface area (Å²) >= 11 is 3.18. The smallest absolute Gasteiger partial charge is 0.283 e. The summed E-state index contributed by atoms with van der Waals surface area (Å²) in [6.07, 6.45) is 0. The third-order valence-electron chi connectivity index (χ3n) is 2.59. The minimum absolute atomic E-state index is 0.0562. The Morgan fingerprint density at radius 2 is 2.28 bits per heavy atom. The number of hydrogen-bond donors (Lipinski definition) is 2. The van der Waals surface area contributed by atoms with Crippen LogP contribution in [0.2, 0.25) is 0 Å². The fourth-order valence-corrected chi connectivity index (χ4v) is 2.45. The number of aliphatic hydroxyl groups is 1. The number of hydrogen-bond acceptors (Lipinski definition) is 5. The zero-order valence-electron chi connectivity index (χ0n) is 10.1. The first-order chi connectivity index (χ1) is 8.26. The molecule has 0 saturated carbocycles. The molecule has 98 valence electrons. The third-order valence-corrected chi connectivity index (χ3v) is 3.22. The number of nitrogens with one attached hydrogen (secondary N) is 1. The highest BCUT2D eigenvalue weighted by atomic mass is 79.9. The second-order valence-electron chi connectivity index (χ2n) is 5.00. The largest absolute Gasteiger partial charge is 0.389 e. The maximum absolute atomic E-state index is 10.8. The summed E-state index contributed by atoms with van der Waals surface area (Å²) in [4.78, 5) is 10.4. The number of nitrogens with zero attached hydrogens (tertiary/aromatic N) is 2. The van der Waals surface area contributed by atoms with E-state index >= 15 is 0 Å². The van der Waals surface area contributed by atoms with E-state index in [4.69, 9.17) is 0 Å². The summed E-state index contributed by atoms with van der Waals surface area (Å²) in [5.41, 5.74) is 4.04. The van der Waals surface area contributed by atoms with Crippen LogP contribution in [0.25, 0.3) is 0 Å². The molecule has 1 aliphatic heterocycles. The molecule has 0 fully saturated rings. The van der Waals surface area contributed by atoms with Crippen LogP contribution in [0, 0.1) is 10.1 Å². The molecule has 0 bridgehead atoms. The van der Waals surface area contributed by atoms with Crippen molar-refractivity contribution in [2.24, 2.45) is 0 Å². The normalized spacial score (nSPS) is 15.3. The first-order valence-electron chi connectivity index (χ1n) is 5.47. The van der Waals surface area contributed by atoms with Crippen molar-refractivity contribution in [1.82, 2.24) is 5.01 Å². The Morgan fingerprint density at radius 3 is 2.83 bits per heavy atom. The van der Waals surface area contributed by atoms with Crippen LogP contribution in [0.4, 0.5) is 11.4 Å². The minimum Gasteiger partial charge on any atom is -0.389 e. The number of halogens is 1. The molecule has 1 aromatic carbocycles. The molecular weight excluding hydrogens is 302 g/mol. The third kappa shape index (κ3) is 2.80. The summed E-state index contributed by atoms with van der Waals surface area (Å²) in [6.45, 7) is 4.41. The monoisotopic (exact) mass is 315 g/mol. The van der Waals surface area contributed by atoms with Gasteiger partial charge in [-0.25, -0.2) is 5.01 Å². The van der Waals surface area contributed by atoms with E-state index in [0.717, 1.165) is 11.3 Å². The van der Waals surface area contributed by atoms with Crippen LogP contribution < -0.4 is 5.43 Å². The van der Waals surface area contributed by atoms with E-state index in [1.165, 1.54) is 0 Å². The van der Waals surface area contributed by atoms with E-state index in [1.54, 1.807) is 26.0 Å². The SMILES string of the molecule is CC(C)(O)CN1Cc2cc([N+](=O)[O-])c(Br)cc2N1. The number of rotatable bonds is 3. The van der Waals surface area contributed by atoms with Crippen molar-refractivity contribution in [3.8, 4) is 0 Å². The lowest BCUT2D eigenvalue weighted by molar-refractivity contribution is -0.385. The Morgan fingerprint density at radius 1 is 1.61 bits per heavy atom. The standard InChI is InChI=1S/C11H14BrN3O3/c1-11(2,16)6-14-5-7-3-10(15(17)18)8(12)4-9(7)13-14/h3-4,13,16H,5-6H2,1-2H3. The van der Waals surface area contributed by atoms with Crippen LogP contribution in [0.3, 0.4) is 0 Å². The molecule has 1 heterocycles. The first kappa shape index (κ1) is 13.3. The van der Waals surface area contributed by atoms with E-state index in [9.17, 15) is 15.2 Å². The highest BCUT2D eigenvalue weighted by molar-refractivity contribution is 9.10. The van der Waals surface area contributed by atoms with Crippen molar-refractivity contribution in [2.75, 3.05) is 12.0 Å². The molecule has 0 aromatic heterocycles. The lowest BCUT2D eigenvalue weighted by Crippen LogP contribution is -2.38. The average molecular weight is 316 g/mol. The van der Waals surface area contributed by atoms with Gasteiger partial charge in [0.2, 0.25) is 0 Å². The van der Waals surface area contributed by atoms with Crippen LogP contribution >= 0.6 is 15.9 Å². The molecule has 1 aromatic rings. The van der Waals surface area contributed by atoms with E-state index in [0.29, 0.717) is 17.6 Å². The zero-order valence-corrected chi connectivity index (χ0v) is 11.7. The molecule has 0 amide bonds. The van der Waals surface area contributed by atoms with Crippen LogP contribution in [-0.2, 0) is 6.54 Å². The number of β-amino-alcohol motifs (C(OH)–C–C–N with tert-alkyl or cyclic N) is 1. The topological polar surface area (TPSA) is 78.6 Å². The van der Waals surface area contributed by atoms with Gasteiger partial charge >= 0.3 is 0 Å². The summed E-state index contributed by atoms with van der Waals surface area (Å²) in [7, 11) is 0. The number of anilines is 1. The predicted octanol–water partition coefficient (Wildman–Crippen LogP) is 2.27. The Kier molecular flexibility index (Phi) is 3.31. The summed E-state index contributed by atoms with van der Waals surface area (Å²) in [6, 6.07) is 3.24. The molecule has 2 N–H and O–H groups in total. The average Bonchev–Trinajstić information content (AvgIpc) is 2.54. The molecule has 18 heavy (non-hydrogen) atoms. The van der Waals surface area contributed by atoms with Crippen LogP contribution in [0.15, 0.2) is 16.6 Å². The minimum atomic E-state index is -0.821. The maximum atomic E-state index is 10.8. The van der Waals surface area contributed by atoms with E-state index < -0.39 is 10.5 Å². The number of nitro groups is 1. The first-order valence-corrected chi connectivity index (χ1v) is 6.26. The van der Waals surface area contributed by atoms with E-state index in [-0.39, 0.29) is 5.69 Å². The Hall–Kier alpha value is -1.18. The molecule has 0 radical (unpaired) electrons. The lowest BCUT2D eigenvalue weighted by Gasteiger charge is -2.24. The van der Waals surface area contributed by atoms with Crippen molar-refractivity contribution < 1.29 is 10.0 Å². The Balaban J connectivity index is 2.23. The fourth-order valence-electron chi connectivity index (χ4n) is 1.96. The van der Waals surface area contributed by atoms with Crippen molar-refractivity contribution in [2.45, 2.75) is 26.0 Å². The van der Waals surface area contributed by atoms with Crippen LogP contribution in [-0.4, -0.2) is 27.2 Å². The van der Waals surface area contributed by atoms with Gasteiger partial charge in [0.05, 0.1) is 20.7 Å². The van der Waals surface area contributed by atoms with Gasteiger partial charge in [-0.2, -0.15) is 0 Å². The number of nitro benzene ring substituents is 1. The van der Waals surface area contributed by atoms with Gasteiger partial charge in [-0.05, 0) is 41.4 Å². The summed E-state index contributed by atoms with van der Waals surface area (Å²) < 4.78 is 0.448. The molecular formula is C11H14BrN3O3. The van der Waals surface area contributed by atoms with Gasteiger partial charge in [-0.1, -0.05) is 0 Å². The molecule has 0 aliphatic carbocycles. The fraction of sp³-hybridized carbons (Fsp3) is 0.455. The second kappa shape index (κ2) is 4.49. The highest BCUT2D eigenvalue weighted by Gasteiger charge is 2.27. The van der Waals surface area contributed by atoms with Gasteiger partial charge in [0, 0.05) is 19.2 Å². The molecule has 0 unspecified atom stereocenters. The van der Waals surface area contributed by atoms with E-state index in [2.05, 4.69) is 21.4 Å². The van der Waals surface area contributed by atoms with Gasteiger partial charge in [0.25, 0.3) is 5.69 Å². The molecule has 6 nitrogen and oxygen atoms in total. The van der Waals surface area contributed by atoms with Gasteiger partial charge < -0.3 is 10.5 Å². The Labute approximate surface area is 113 Å². The van der Waals surface area contributed by atoms with Crippen LogP contribution in [0.5, 0.6) is 0 Å². The highest BCUT2D eigenvalue weighted by Crippen LogP contribution is 2.35. The van der Waals surface area contributed by atoms with E-state index in [1.807, 2.05) is 5.01 Å². The van der Waals surface area contributed by atoms with Gasteiger partial charge in [0.15, 0.2) is 0 Å². The Bertz CT molecular complexity index is 499. The predicted molar refractivity (Wildman–Crippen MR) is 71.1 cm³/mol. The van der Waals surface area contributed by atoms with Crippen molar-refractivity contribution in [1.29, 1.82) is 0 Å². The zero-order chi connectivity index (χ0) is 13.5. The van der Waals surface area contributed by atoms with Crippen molar-refractivity contribution >= 4 is 27.3 Å². The number of hydrazine groups is 1. The molecule has 0 spiro atoms. The quantitative estimate of drug-likeness (QED) is 0.661. The molecule has 2 rings (SSSR count). The molecule has 0 saturated heterocycles. The number of benzene rings is 1. The lowest BCUT2D eigenvalue weighted by atomic mass is 10.1. The maximum Gasteiger partial charge on any atom is 0.283 e. The van der Waals surface area contributed by atoms with Gasteiger partial charge in [0.1, 0.15) is 0 Å². The van der Waals surface area contributed by atoms with Gasteiger partial charge in [-0.3, -0.25) is 10.1 Å². The summed E-state index contributed by atoms with van der Waals surface area (Å²) in [5.74, 6) is 0. The molecule has 0 atom stereocenters. The molecule has 7 heteroatoms. The number of fused-ring (bicyclic) bond motifs is 1. The van der Waals surface area contributed by atoms with Crippen molar-refractivity contribution in [3.63, 3.8) is 0 Å².